The monoisotopic (exact) mass is 362 g/mol. The standard InChI is InChI=1S/C20H30N2O2S/c1-19(2,21-4)20(3,18(23)24-13-12-22(5)6)14-17(15-25)16-10-8-7-9-11-16/h7-11,17,25H,12-15H2,1-3,5-6H3. The van der Waals surface area contributed by atoms with E-state index < -0.39 is 11.0 Å². The molecule has 0 radical (unpaired) electrons. The number of rotatable bonds is 9. The van der Waals surface area contributed by atoms with E-state index in [0.29, 0.717) is 25.3 Å². The van der Waals surface area contributed by atoms with Crippen molar-refractivity contribution in [3.8, 4) is 0 Å². The summed E-state index contributed by atoms with van der Waals surface area (Å²) in [5.74, 6) is 0.383. The van der Waals surface area contributed by atoms with Crippen LogP contribution in [0.5, 0.6) is 0 Å². The molecule has 0 saturated heterocycles. The quantitative estimate of drug-likeness (QED) is 0.411. The zero-order chi connectivity index (χ0) is 19.1. The van der Waals surface area contributed by atoms with Crippen LogP contribution in [0.2, 0.25) is 0 Å². The lowest BCUT2D eigenvalue weighted by Crippen LogP contribution is -2.47. The third-order valence-electron chi connectivity index (χ3n) is 5.00. The van der Waals surface area contributed by atoms with E-state index >= 15 is 0 Å². The number of carbonyl (C=O) groups is 1. The molecule has 2 atom stereocenters. The highest BCUT2D eigenvalue weighted by Crippen LogP contribution is 2.44. The molecule has 0 bridgehead atoms. The van der Waals surface area contributed by atoms with Crippen molar-refractivity contribution < 1.29 is 9.53 Å². The Balaban J connectivity index is 3.07. The van der Waals surface area contributed by atoms with Crippen LogP contribution in [0.4, 0.5) is 0 Å². The van der Waals surface area contributed by atoms with Gasteiger partial charge in [-0.25, -0.2) is 6.57 Å². The number of benzene rings is 1. The lowest BCUT2D eigenvalue weighted by atomic mass is 9.67. The predicted octanol–water partition coefficient (Wildman–Crippen LogP) is 3.90. The normalized spacial score (nSPS) is 15.3. The SMILES string of the molecule is [C-]#[N+]C(C)(C)C(C)(CC(CS)c1ccccc1)C(=O)OCCN(C)C. The molecule has 2 unspecified atom stereocenters. The van der Waals surface area contributed by atoms with Crippen molar-refractivity contribution in [3.05, 3.63) is 47.3 Å². The molecule has 1 aromatic rings. The number of likely N-dealkylation sites (N-methyl/N-ethyl adjacent to an activating group) is 1. The van der Waals surface area contributed by atoms with Crippen LogP contribution in [-0.2, 0) is 9.53 Å². The van der Waals surface area contributed by atoms with Crippen molar-refractivity contribution in [2.45, 2.75) is 38.6 Å². The van der Waals surface area contributed by atoms with Gasteiger partial charge in [0.05, 0.1) is 0 Å². The zero-order valence-corrected chi connectivity index (χ0v) is 16.8. The highest BCUT2D eigenvalue weighted by Gasteiger charge is 2.55. The Morgan fingerprint density at radius 2 is 1.88 bits per heavy atom. The first-order chi connectivity index (χ1) is 11.7. The summed E-state index contributed by atoms with van der Waals surface area (Å²) < 4.78 is 5.54. The van der Waals surface area contributed by atoms with Crippen molar-refractivity contribution in [1.82, 2.24) is 4.90 Å². The maximum atomic E-state index is 12.9. The zero-order valence-electron chi connectivity index (χ0n) is 16.0. The third-order valence-corrected chi connectivity index (χ3v) is 5.44. The summed E-state index contributed by atoms with van der Waals surface area (Å²) in [6.45, 7) is 14.1. The molecule has 25 heavy (non-hydrogen) atoms. The van der Waals surface area contributed by atoms with Crippen LogP contribution >= 0.6 is 12.6 Å². The Kier molecular flexibility index (Phi) is 7.98. The van der Waals surface area contributed by atoms with E-state index in [9.17, 15) is 4.79 Å². The van der Waals surface area contributed by atoms with Crippen LogP contribution in [0.1, 0.15) is 38.7 Å². The van der Waals surface area contributed by atoms with Gasteiger partial charge in [0.1, 0.15) is 12.0 Å². The van der Waals surface area contributed by atoms with Gasteiger partial charge in [0, 0.05) is 20.4 Å². The van der Waals surface area contributed by atoms with Crippen LogP contribution in [0.15, 0.2) is 30.3 Å². The summed E-state index contributed by atoms with van der Waals surface area (Å²) in [5.41, 5.74) is -0.645. The first-order valence-electron chi connectivity index (χ1n) is 8.54. The third kappa shape index (κ3) is 5.49. The van der Waals surface area contributed by atoms with Crippen LogP contribution in [0.25, 0.3) is 4.85 Å². The Morgan fingerprint density at radius 1 is 1.28 bits per heavy atom. The van der Waals surface area contributed by atoms with Gasteiger partial charge in [0.2, 0.25) is 5.54 Å². The van der Waals surface area contributed by atoms with Crippen LogP contribution < -0.4 is 0 Å². The van der Waals surface area contributed by atoms with E-state index in [2.05, 4.69) is 17.5 Å². The second-order valence-corrected chi connectivity index (χ2v) is 7.80. The molecule has 1 aromatic carbocycles. The summed E-state index contributed by atoms with van der Waals surface area (Å²) in [7, 11) is 3.87. The fraction of sp³-hybridized carbons (Fsp3) is 0.600. The van der Waals surface area contributed by atoms with E-state index in [0.717, 1.165) is 5.56 Å². The number of esters is 1. The van der Waals surface area contributed by atoms with E-state index in [-0.39, 0.29) is 11.9 Å². The van der Waals surface area contributed by atoms with E-state index in [4.69, 9.17) is 11.3 Å². The smallest absolute Gasteiger partial charge is 0.320 e. The van der Waals surface area contributed by atoms with Gasteiger partial charge in [-0.3, -0.25) is 4.79 Å². The molecule has 0 spiro atoms. The second kappa shape index (κ2) is 9.26. The first-order valence-corrected chi connectivity index (χ1v) is 9.17. The van der Waals surface area contributed by atoms with Gasteiger partial charge < -0.3 is 14.5 Å². The summed E-state index contributed by atoms with van der Waals surface area (Å²) in [5, 5.41) is 0. The fourth-order valence-corrected chi connectivity index (χ4v) is 3.03. The molecule has 1 rings (SSSR count). The van der Waals surface area contributed by atoms with Crippen molar-refractivity contribution in [2.24, 2.45) is 5.41 Å². The molecule has 0 N–H and O–H groups in total. The van der Waals surface area contributed by atoms with Gasteiger partial charge in [-0.2, -0.15) is 12.6 Å². The van der Waals surface area contributed by atoms with Gasteiger partial charge in [-0.05, 0) is 44.7 Å². The topological polar surface area (TPSA) is 33.9 Å². The minimum Gasteiger partial charge on any atom is -0.464 e. The minimum atomic E-state index is -0.912. The van der Waals surface area contributed by atoms with Crippen LogP contribution in [-0.4, -0.2) is 49.4 Å². The average Bonchev–Trinajstić information content (AvgIpc) is 2.59. The van der Waals surface area contributed by atoms with Gasteiger partial charge in [0.15, 0.2) is 0 Å². The molecule has 0 fully saturated rings. The van der Waals surface area contributed by atoms with Gasteiger partial charge >= 0.3 is 5.97 Å². The van der Waals surface area contributed by atoms with Crippen LogP contribution in [0, 0.1) is 12.0 Å². The second-order valence-electron chi connectivity index (χ2n) is 7.44. The van der Waals surface area contributed by atoms with Crippen molar-refractivity contribution in [3.63, 3.8) is 0 Å². The number of carbonyl (C=O) groups excluding carboxylic acids is 1. The lowest BCUT2D eigenvalue weighted by Gasteiger charge is -2.36. The van der Waals surface area contributed by atoms with Gasteiger partial charge in [0.25, 0.3) is 0 Å². The maximum Gasteiger partial charge on any atom is 0.320 e. The largest absolute Gasteiger partial charge is 0.464 e. The van der Waals surface area contributed by atoms with Crippen LogP contribution in [0.3, 0.4) is 0 Å². The highest BCUT2D eigenvalue weighted by atomic mass is 32.1. The molecule has 0 saturated carbocycles. The first kappa shape index (κ1) is 21.5. The molecule has 0 heterocycles. The van der Waals surface area contributed by atoms with Gasteiger partial charge in [-0.1, -0.05) is 30.3 Å². The summed E-state index contributed by atoms with van der Waals surface area (Å²) in [6, 6.07) is 10.0. The summed E-state index contributed by atoms with van der Waals surface area (Å²) in [4.78, 5) is 18.6. The maximum absolute atomic E-state index is 12.9. The number of hydrogen-bond donors (Lipinski definition) is 1. The molecule has 5 heteroatoms. The van der Waals surface area contributed by atoms with E-state index in [1.54, 1.807) is 0 Å². The summed E-state index contributed by atoms with van der Waals surface area (Å²) in [6.07, 6.45) is 0.524. The molecule has 138 valence electrons. The molecule has 0 aliphatic rings. The molecular formula is C20H30N2O2S. The van der Waals surface area contributed by atoms with E-state index in [1.165, 1.54) is 0 Å². The van der Waals surface area contributed by atoms with Crippen molar-refractivity contribution >= 4 is 18.6 Å². The molecular weight excluding hydrogens is 332 g/mol. The molecule has 0 aromatic heterocycles. The Hall–Kier alpha value is -1.51. The molecule has 0 amide bonds. The van der Waals surface area contributed by atoms with Crippen molar-refractivity contribution in [2.75, 3.05) is 33.0 Å². The highest BCUT2D eigenvalue weighted by molar-refractivity contribution is 7.80. The van der Waals surface area contributed by atoms with Crippen molar-refractivity contribution in [1.29, 1.82) is 0 Å². The number of nitrogens with zero attached hydrogens (tertiary/aromatic N) is 2. The van der Waals surface area contributed by atoms with E-state index in [1.807, 2.05) is 70.1 Å². The average molecular weight is 363 g/mol. The Morgan fingerprint density at radius 3 is 2.36 bits per heavy atom. The minimum absolute atomic E-state index is 0.0805. The predicted molar refractivity (Wildman–Crippen MR) is 106 cm³/mol. The Bertz CT molecular complexity index is 595. The molecule has 4 nitrogen and oxygen atoms in total. The summed E-state index contributed by atoms with van der Waals surface area (Å²) >= 11 is 4.49. The fourth-order valence-electron chi connectivity index (χ4n) is 2.69. The van der Waals surface area contributed by atoms with Gasteiger partial charge in [-0.15, -0.1) is 0 Å². The number of ether oxygens (including phenoxy) is 1. The number of hydrogen-bond acceptors (Lipinski definition) is 4. The molecule has 0 aliphatic heterocycles. The lowest BCUT2D eigenvalue weighted by molar-refractivity contribution is -0.158. The molecule has 0 aliphatic carbocycles. The Labute approximate surface area is 157 Å². The number of thiol groups is 1.